The number of benzene rings is 2. The Morgan fingerprint density at radius 2 is 1.74 bits per heavy atom. The van der Waals surface area contributed by atoms with Crippen molar-refractivity contribution >= 4 is 44.8 Å². The number of rotatable bonds is 6. The SMILES string of the molecule is CC(=O)Nc1ccc(NC(=O)c2cccc(S(=O)(=O)NC(C)C)c2)c(Cl)c1. The van der Waals surface area contributed by atoms with E-state index in [4.69, 9.17) is 11.6 Å². The van der Waals surface area contributed by atoms with Crippen LogP contribution in [-0.4, -0.2) is 26.3 Å². The molecule has 0 saturated heterocycles. The van der Waals surface area contributed by atoms with E-state index in [2.05, 4.69) is 15.4 Å². The van der Waals surface area contributed by atoms with E-state index in [1.807, 2.05) is 0 Å². The van der Waals surface area contributed by atoms with Gasteiger partial charge in [0.25, 0.3) is 5.91 Å². The molecule has 144 valence electrons. The lowest BCUT2D eigenvalue weighted by Gasteiger charge is -2.12. The van der Waals surface area contributed by atoms with E-state index in [0.29, 0.717) is 11.4 Å². The number of anilines is 2. The molecule has 0 atom stereocenters. The van der Waals surface area contributed by atoms with Gasteiger partial charge in [-0.3, -0.25) is 9.59 Å². The van der Waals surface area contributed by atoms with Gasteiger partial charge in [0.05, 0.1) is 15.6 Å². The minimum absolute atomic E-state index is 0.00375. The third kappa shape index (κ3) is 5.78. The summed E-state index contributed by atoms with van der Waals surface area (Å²) in [6.07, 6.45) is 0. The summed E-state index contributed by atoms with van der Waals surface area (Å²) in [5.74, 6) is -0.748. The molecule has 2 rings (SSSR count). The van der Waals surface area contributed by atoms with Crippen LogP contribution >= 0.6 is 11.6 Å². The van der Waals surface area contributed by atoms with Gasteiger partial charge in [-0.05, 0) is 50.2 Å². The standard InChI is InChI=1S/C18H20ClN3O4S/c1-11(2)22-27(25,26)15-6-4-5-13(9-15)18(24)21-17-8-7-14(10-16(17)19)20-12(3)23/h4-11,22H,1-3H3,(H,20,23)(H,21,24). The fourth-order valence-electron chi connectivity index (χ4n) is 2.27. The Balaban J connectivity index is 2.22. The largest absolute Gasteiger partial charge is 0.326 e. The average molecular weight is 410 g/mol. The second kappa shape index (κ2) is 8.51. The van der Waals surface area contributed by atoms with Crippen LogP contribution in [0.25, 0.3) is 0 Å². The number of nitrogens with one attached hydrogen (secondary N) is 3. The van der Waals surface area contributed by atoms with Crippen LogP contribution in [0.5, 0.6) is 0 Å². The molecule has 27 heavy (non-hydrogen) atoms. The first kappa shape index (κ1) is 20.9. The van der Waals surface area contributed by atoms with Gasteiger partial charge in [-0.25, -0.2) is 13.1 Å². The maximum Gasteiger partial charge on any atom is 0.255 e. The van der Waals surface area contributed by atoms with E-state index in [0.717, 1.165) is 0 Å². The van der Waals surface area contributed by atoms with Gasteiger partial charge in [0, 0.05) is 24.2 Å². The highest BCUT2D eigenvalue weighted by Crippen LogP contribution is 2.26. The molecule has 0 aromatic heterocycles. The van der Waals surface area contributed by atoms with Gasteiger partial charge in [0.2, 0.25) is 15.9 Å². The first-order valence-corrected chi connectivity index (χ1v) is 9.95. The van der Waals surface area contributed by atoms with Crippen LogP contribution in [0.3, 0.4) is 0 Å². The number of halogens is 1. The first-order valence-electron chi connectivity index (χ1n) is 8.09. The Morgan fingerprint density at radius 1 is 1.04 bits per heavy atom. The molecule has 2 aromatic carbocycles. The summed E-state index contributed by atoms with van der Waals surface area (Å²) in [5, 5.41) is 5.45. The molecular weight excluding hydrogens is 390 g/mol. The highest BCUT2D eigenvalue weighted by molar-refractivity contribution is 7.89. The molecule has 0 aliphatic heterocycles. The van der Waals surface area contributed by atoms with Gasteiger partial charge in [-0.1, -0.05) is 17.7 Å². The normalized spacial score (nSPS) is 11.3. The zero-order chi connectivity index (χ0) is 20.2. The summed E-state index contributed by atoms with van der Waals surface area (Å²) in [7, 11) is -3.71. The highest BCUT2D eigenvalue weighted by atomic mass is 35.5. The predicted molar refractivity (Wildman–Crippen MR) is 106 cm³/mol. The van der Waals surface area contributed by atoms with E-state index in [1.54, 1.807) is 26.0 Å². The molecule has 0 saturated carbocycles. The summed E-state index contributed by atoms with van der Waals surface area (Å²) in [5.41, 5.74) is 1.01. The van der Waals surface area contributed by atoms with Crippen LogP contribution < -0.4 is 15.4 Å². The van der Waals surface area contributed by atoms with Gasteiger partial charge in [0.15, 0.2) is 0 Å². The summed E-state index contributed by atoms with van der Waals surface area (Å²) < 4.78 is 27.0. The number of hydrogen-bond donors (Lipinski definition) is 3. The molecule has 0 heterocycles. The number of carbonyl (C=O) groups is 2. The Morgan fingerprint density at radius 3 is 2.33 bits per heavy atom. The van der Waals surface area contributed by atoms with Crippen LogP contribution in [0.4, 0.5) is 11.4 Å². The Bertz CT molecular complexity index is 974. The first-order chi connectivity index (χ1) is 12.6. The number of amides is 2. The Hall–Kier alpha value is -2.42. The molecule has 2 aromatic rings. The van der Waals surface area contributed by atoms with Gasteiger partial charge < -0.3 is 10.6 Å². The minimum atomic E-state index is -3.71. The third-order valence-electron chi connectivity index (χ3n) is 3.34. The molecule has 0 aliphatic rings. The van der Waals surface area contributed by atoms with Crippen molar-refractivity contribution in [2.75, 3.05) is 10.6 Å². The molecule has 0 fully saturated rings. The number of sulfonamides is 1. The molecule has 9 heteroatoms. The van der Waals surface area contributed by atoms with Crippen LogP contribution in [0.2, 0.25) is 5.02 Å². The molecule has 0 bridgehead atoms. The third-order valence-corrected chi connectivity index (χ3v) is 5.30. The summed E-state index contributed by atoms with van der Waals surface area (Å²) >= 11 is 6.13. The topological polar surface area (TPSA) is 104 Å². The van der Waals surface area contributed by atoms with Crippen LogP contribution in [-0.2, 0) is 14.8 Å². The minimum Gasteiger partial charge on any atom is -0.326 e. The van der Waals surface area contributed by atoms with E-state index in [1.165, 1.54) is 37.3 Å². The van der Waals surface area contributed by atoms with Crippen molar-refractivity contribution < 1.29 is 18.0 Å². The van der Waals surface area contributed by atoms with Crippen molar-refractivity contribution in [3.05, 3.63) is 53.1 Å². The zero-order valence-corrected chi connectivity index (χ0v) is 16.6. The average Bonchev–Trinajstić information content (AvgIpc) is 2.55. The van der Waals surface area contributed by atoms with Crippen molar-refractivity contribution in [1.29, 1.82) is 0 Å². The number of hydrogen-bond acceptors (Lipinski definition) is 4. The molecule has 0 spiro atoms. The molecule has 0 radical (unpaired) electrons. The molecular formula is C18H20ClN3O4S. The summed E-state index contributed by atoms with van der Waals surface area (Å²) in [6.45, 7) is 4.79. The summed E-state index contributed by atoms with van der Waals surface area (Å²) in [6, 6.07) is 10.1. The van der Waals surface area contributed by atoms with E-state index < -0.39 is 15.9 Å². The second-order valence-electron chi connectivity index (χ2n) is 6.13. The van der Waals surface area contributed by atoms with Crippen molar-refractivity contribution in [2.24, 2.45) is 0 Å². The molecule has 0 unspecified atom stereocenters. The van der Waals surface area contributed by atoms with E-state index >= 15 is 0 Å². The van der Waals surface area contributed by atoms with Gasteiger partial charge in [-0.2, -0.15) is 0 Å². The smallest absolute Gasteiger partial charge is 0.255 e. The monoisotopic (exact) mass is 409 g/mol. The quantitative estimate of drug-likeness (QED) is 0.681. The fraction of sp³-hybridized carbons (Fsp3) is 0.222. The van der Waals surface area contributed by atoms with Crippen molar-refractivity contribution in [3.63, 3.8) is 0 Å². The van der Waals surface area contributed by atoms with Gasteiger partial charge >= 0.3 is 0 Å². The van der Waals surface area contributed by atoms with E-state index in [9.17, 15) is 18.0 Å². The highest BCUT2D eigenvalue weighted by Gasteiger charge is 2.17. The van der Waals surface area contributed by atoms with Crippen molar-refractivity contribution in [3.8, 4) is 0 Å². The van der Waals surface area contributed by atoms with Crippen molar-refractivity contribution in [1.82, 2.24) is 4.72 Å². The van der Waals surface area contributed by atoms with Gasteiger partial charge in [-0.15, -0.1) is 0 Å². The van der Waals surface area contributed by atoms with Crippen LogP contribution in [0.1, 0.15) is 31.1 Å². The predicted octanol–water partition coefficient (Wildman–Crippen LogP) is 3.24. The lowest BCUT2D eigenvalue weighted by Crippen LogP contribution is -2.30. The van der Waals surface area contributed by atoms with E-state index in [-0.39, 0.29) is 27.4 Å². The van der Waals surface area contributed by atoms with Crippen LogP contribution in [0.15, 0.2) is 47.4 Å². The maximum absolute atomic E-state index is 12.5. The van der Waals surface area contributed by atoms with Crippen LogP contribution in [0, 0.1) is 0 Å². The molecule has 2 amide bonds. The fourth-order valence-corrected chi connectivity index (χ4v) is 3.80. The van der Waals surface area contributed by atoms with Crippen molar-refractivity contribution in [2.45, 2.75) is 31.7 Å². The molecule has 7 nitrogen and oxygen atoms in total. The Labute approximate surface area is 163 Å². The van der Waals surface area contributed by atoms with Gasteiger partial charge in [0.1, 0.15) is 0 Å². The maximum atomic E-state index is 12.5. The molecule has 3 N–H and O–H groups in total. The lowest BCUT2D eigenvalue weighted by atomic mass is 10.2. The second-order valence-corrected chi connectivity index (χ2v) is 8.25. The lowest BCUT2D eigenvalue weighted by molar-refractivity contribution is -0.114. The number of carbonyl (C=O) groups excluding carboxylic acids is 2. The Kier molecular flexibility index (Phi) is 6.59. The zero-order valence-electron chi connectivity index (χ0n) is 15.0. The summed E-state index contributed by atoms with van der Waals surface area (Å²) in [4.78, 5) is 23.5. The molecule has 0 aliphatic carbocycles.